The number of nitrogens with two attached hydrogens (primary N) is 1. The first-order valence-electron chi connectivity index (χ1n) is 7.78. The molecule has 0 saturated heterocycles. The molecule has 1 aliphatic carbocycles. The topological polar surface area (TPSA) is 41.6 Å². The van der Waals surface area contributed by atoms with Crippen molar-refractivity contribution in [2.75, 3.05) is 11.4 Å². The number of hydrogen-bond acceptors (Lipinski definition) is 3. The number of benzene rings is 1. The highest BCUT2D eigenvalue weighted by molar-refractivity contribution is 5.98. The lowest BCUT2D eigenvalue weighted by Crippen LogP contribution is -2.51. The number of nitrogens with zero attached hydrogens (tertiary/aromatic N) is 2. The largest absolute Gasteiger partial charge is 0.369 e. The van der Waals surface area contributed by atoms with Crippen molar-refractivity contribution in [1.82, 2.24) is 0 Å². The summed E-state index contributed by atoms with van der Waals surface area (Å²) in [4.78, 5) is 6.66. The fraction of sp³-hybridized carbons (Fsp3) is 0.588. The molecule has 0 radical (unpaired) electrons. The van der Waals surface area contributed by atoms with Gasteiger partial charge in [0.1, 0.15) is 5.82 Å². The summed E-state index contributed by atoms with van der Waals surface area (Å²) in [5.41, 5.74) is 7.48. The third-order valence-corrected chi connectivity index (χ3v) is 5.09. The molecule has 4 heteroatoms. The third kappa shape index (κ3) is 2.63. The van der Waals surface area contributed by atoms with Crippen LogP contribution in [-0.2, 0) is 0 Å². The number of halogens is 1. The Balaban J connectivity index is 1.93. The Morgan fingerprint density at radius 2 is 1.81 bits per heavy atom. The monoisotopic (exact) mass is 289 g/mol. The van der Waals surface area contributed by atoms with E-state index >= 15 is 0 Å². The second kappa shape index (κ2) is 5.00. The quantitative estimate of drug-likeness (QED) is 0.856. The predicted molar refractivity (Wildman–Crippen MR) is 85.0 cm³/mol. The molecule has 1 aliphatic heterocycles. The molecule has 1 saturated carbocycles. The second-order valence-electron chi connectivity index (χ2n) is 7.23. The molecule has 1 aromatic rings. The summed E-state index contributed by atoms with van der Waals surface area (Å²) < 4.78 is 13.2. The van der Waals surface area contributed by atoms with Gasteiger partial charge in [0.05, 0.1) is 12.1 Å². The van der Waals surface area contributed by atoms with Crippen LogP contribution >= 0.6 is 0 Å². The molecule has 2 N–H and O–H groups in total. The number of rotatable bonds is 1. The average Bonchev–Trinajstić information content (AvgIpc) is 2.66. The second-order valence-corrected chi connectivity index (χ2v) is 7.23. The summed E-state index contributed by atoms with van der Waals surface area (Å²) in [5.74, 6) is 0.353. The van der Waals surface area contributed by atoms with Crippen molar-refractivity contribution < 1.29 is 4.39 Å². The number of aliphatic imine (C=N–C) groups is 1. The maximum atomic E-state index is 13.2. The van der Waals surface area contributed by atoms with E-state index < -0.39 is 0 Å². The first-order valence-corrected chi connectivity index (χ1v) is 7.78. The van der Waals surface area contributed by atoms with Gasteiger partial charge in [0, 0.05) is 5.69 Å². The normalized spacial score (nSPS) is 28.5. The van der Waals surface area contributed by atoms with Crippen molar-refractivity contribution in [3.8, 4) is 0 Å². The Morgan fingerprint density at radius 3 is 2.52 bits per heavy atom. The lowest BCUT2D eigenvalue weighted by Gasteiger charge is -2.39. The van der Waals surface area contributed by atoms with Crippen LogP contribution in [0.15, 0.2) is 29.3 Å². The minimum atomic E-state index is -0.218. The highest BCUT2D eigenvalue weighted by Gasteiger charge is 2.45. The molecule has 1 spiro atoms. The Labute approximate surface area is 126 Å². The van der Waals surface area contributed by atoms with Crippen molar-refractivity contribution >= 4 is 11.6 Å². The summed E-state index contributed by atoms with van der Waals surface area (Å²) in [6.45, 7) is 5.44. The lowest BCUT2D eigenvalue weighted by molar-refractivity contribution is 0.302. The first kappa shape index (κ1) is 14.4. The van der Waals surface area contributed by atoms with Gasteiger partial charge in [0.25, 0.3) is 0 Å². The highest BCUT2D eigenvalue weighted by atomic mass is 19.1. The molecule has 21 heavy (non-hydrogen) atoms. The summed E-state index contributed by atoms with van der Waals surface area (Å²) in [5, 5.41) is 0. The predicted octanol–water partition coefficient (Wildman–Crippen LogP) is 3.69. The van der Waals surface area contributed by atoms with Gasteiger partial charge >= 0.3 is 0 Å². The van der Waals surface area contributed by atoms with Gasteiger partial charge in [-0.25, -0.2) is 4.39 Å². The number of anilines is 1. The third-order valence-electron chi connectivity index (χ3n) is 5.09. The van der Waals surface area contributed by atoms with E-state index in [2.05, 4.69) is 23.7 Å². The molecule has 1 heterocycles. The van der Waals surface area contributed by atoms with E-state index in [1.54, 1.807) is 12.1 Å². The molecule has 0 aromatic heterocycles. The van der Waals surface area contributed by atoms with Crippen molar-refractivity contribution in [2.24, 2.45) is 16.1 Å². The highest BCUT2D eigenvalue weighted by Crippen LogP contribution is 2.44. The molecule has 0 amide bonds. The number of hydrogen-bond donors (Lipinski definition) is 1. The summed E-state index contributed by atoms with van der Waals surface area (Å²) in [6, 6.07) is 6.60. The van der Waals surface area contributed by atoms with Crippen LogP contribution < -0.4 is 10.6 Å². The van der Waals surface area contributed by atoms with Crippen molar-refractivity contribution in [3.05, 3.63) is 30.1 Å². The molecule has 1 unspecified atom stereocenters. The Kier molecular flexibility index (Phi) is 3.42. The van der Waals surface area contributed by atoms with Crippen molar-refractivity contribution in [1.29, 1.82) is 0 Å². The minimum Gasteiger partial charge on any atom is -0.369 e. The molecular formula is C17H24FN3. The summed E-state index contributed by atoms with van der Waals surface area (Å²) >= 11 is 0. The van der Waals surface area contributed by atoms with Gasteiger partial charge in [-0.2, -0.15) is 0 Å². The van der Waals surface area contributed by atoms with Crippen LogP contribution in [0, 0.1) is 11.2 Å². The molecule has 0 bridgehead atoms. The smallest absolute Gasteiger partial charge is 0.196 e. The maximum absolute atomic E-state index is 13.2. The van der Waals surface area contributed by atoms with Crippen molar-refractivity contribution in [2.45, 2.75) is 51.5 Å². The molecule has 1 fully saturated rings. The molecule has 1 atom stereocenters. The zero-order valence-corrected chi connectivity index (χ0v) is 12.9. The van der Waals surface area contributed by atoms with E-state index in [-0.39, 0.29) is 11.4 Å². The van der Waals surface area contributed by atoms with Gasteiger partial charge in [0.2, 0.25) is 0 Å². The maximum Gasteiger partial charge on any atom is 0.196 e. The molecule has 1 aromatic carbocycles. The molecule has 3 nitrogen and oxygen atoms in total. The SMILES string of the molecule is CC1(C)CCCC2(CC1)CN=C(N)N2c1ccc(F)cc1. The summed E-state index contributed by atoms with van der Waals surface area (Å²) in [7, 11) is 0. The van der Waals surface area contributed by atoms with Crippen LogP contribution in [0.25, 0.3) is 0 Å². The van der Waals surface area contributed by atoms with Crippen LogP contribution in [0.5, 0.6) is 0 Å². The van der Waals surface area contributed by atoms with Gasteiger partial charge < -0.3 is 10.6 Å². The van der Waals surface area contributed by atoms with Gasteiger partial charge in [-0.05, 0) is 55.4 Å². The van der Waals surface area contributed by atoms with E-state index in [4.69, 9.17) is 5.73 Å². The molecule has 3 rings (SSSR count). The van der Waals surface area contributed by atoms with Gasteiger partial charge in [-0.15, -0.1) is 0 Å². The van der Waals surface area contributed by atoms with Crippen LogP contribution in [0.4, 0.5) is 10.1 Å². The molecule has 114 valence electrons. The first-order chi connectivity index (χ1) is 9.92. The zero-order chi connectivity index (χ0) is 15.1. The van der Waals surface area contributed by atoms with Gasteiger partial charge in [-0.3, -0.25) is 4.99 Å². The Hall–Kier alpha value is -1.58. The minimum absolute atomic E-state index is 0.0182. The fourth-order valence-corrected chi connectivity index (χ4v) is 3.71. The van der Waals surface area contributed by atoms with E-state index in [0.717, 1.165) is 25.1 Å². The van der Waals surface area contributed by atoms with E-state index in [1.165, 1.54) is 31.4 Å². The van der Waals surface area contributed by atoms with Gasteiger partial charge in [0.15, 0.2) is 5.96 Å². The molecular weight excluding hydrogens is 265 g/mol. The fourth-order valence-electron chi connectivity index (χ4n) is 3.71. The van der Waals surface area contributed by atoms with Crippen LogP contribution in [0.2, 0.25) is 0 Å². The number of guanidine groups is 1. The lowest BCUT2D eigenvalue weighted by atomic mass is 9.83. The van der Waals surface area contributed by atoms with E-state index in [0.29, 0.717) is 11.4 Å². The average molecular weight is 289 g/mol. The van der Waals surface area contributed by atoms with Crippen LogP contribution in [0.3, 0.4) is 0 Å². The van der Waals surface area contributed by atoms with Crippen LogP contribution in [0.1, 0.15) is 46.0 Å². The summed E-state index contributed by atoms with van der Waals surface area (Å²) in [6.07, 6.45) is 5.78. The Morgan fingerprint density at radius 1 is 1.10 bits per heavy atom. The Bertz CT molecular complexity index is 550. The van der Waals surface area contributed by atoms with Crippen molar-refractivity contribution in [3.63, 3.8) is 0 Å². The van der Waals surface area contributed by atoms with Gasteiger partial charge in [-0.1, -0.05) is 20.3 Å². The standard InChI is InChI=1S/C17H24FN3/c1-16(2)8-3-9-17(11-10-16)12-20-15(19)21(17)14-6-4-13(18)5-7-14/h4-7H,3,8-12H2,1-2H3,(H2,19,20). The van der Waals surface area contributed by atoms with E-state index in [1.807, 2.05) is 0 Å². The molecule has 2 aliphatic rings. The van der Waals surface area contributed by atoms with E-state index in [9.17, 15) is 4.39 Å². The van der Waals surface area contributed by atoms with Crippen LogP contribution in [-0.4, -0.2) is 18.0 Å². The zero-order valence-electron chi connectivity index (χ0n) is 12.9.